The number of ether oxygens (including phenoxy) is 1. The van der Waals surface area contributed by atoms with Crippen LogP contribution in [-0.2, 0) is 4.79 Å². The van der Waals surface area contributed by atoms with Crippen LogP contribution in [0.2, 0.25) is 0 Å². The van der Waals surface area contributed by atoms with Crippen LogP contribution < -0.4 is 15.4 Å². The van der Waals surface area contributed by atoms with E-state index in [0.29, 0.717) is 37.5 Å². The second kappa shape index (κ2) is 7.81. The number of carbonyl (C=O) groups is 2. The molecule has 2 N–H and O–H groups in total. The number of aromatic nitrogens is 2. The summed E-state index contributed by atoms with van der Waals surface area (Å²) >= 11 is 1.60. The Balaban J connectivity index is 1.39. The summed E-state index contributed by atoms with van der Waals surface area (Å²) in [5.41, 5.74) is 5.64. The molecule has 2 amide bonds. The number of benzene rings is 1. The Labute approximate surface area is 165 Å². The lowest BCUT2D eigenvalue weighted by atomic mass is 10.1. The summed E-state index contributed by atoms with van der Waals surface area (Å²) in [7, 11) is 0. The van der Waals surface area contributed by atoms with Crippen molar-refractivity contribution in [1.82, 2.24) is 14.9 Å². The molecular formula is C19H19N5O3S. The van der Waals surface area contributed by atoms with E-state index in [4.69, 9.17) is 10.5 Å². The van der Waals surface area contributed by atoms with E-state index in [1.54, 1.807) is 41.9 Å². The van der Waals surface area contributed by atoms with Crippen molar-refractivity contribution in [3.05, 3.63) is 47.6 Å². The molecule has 144 valence electrons. The molecule has 0 spiro atoms. The van der Waals surface area contributed by atoms with Gasteiger partial charge in [-0.15, -0.1) is 11.3 Å². The SMILES string of the molecule is NC(=O)COc1ccc(C(=O)N2CCN(c3ncnc4sccc34)CC2)cc1. The minimum atomic E-state index is -0.540. The van der Waals surface area contributed by atoms with Gasteiger partial charge in [0.2, 0.25) is 0 Å². The summed E-state index contributed by atoms with van der Waals surface area (Å²) in [5.74, 6) is 0.865. The van der Waals surface area contributed by atoms with Gasteiger partial charge in [0.1, 0.15) is 22.7 Å². The van der Waals surface area contributed by atoms with Crippen LogP contribution in [0.4, 0.5) is 5.82 Å². The molecule has 1 aliphatic heterocycles. The highest BCUT2D eigenvalue weighted by atomic mass is 32.1. The van der Waals surface area contributed by atoms with Gasteiger partial charge in [0, 0.05) is 31.7 Å². The number of nitrogens with two attached hydrogens (primary N) is 1. The molecule has 1 aliphatic rings. The summed E-state index contributed by atoms with van der Waals surface area (Å²) in [6.45, 7) is 2.49. The van der Waals surface area contributed by atoms with Crippen molar-refractivity contribution in [3.63, 3.8) is 0 Å². The van der Waals surface area contributed by atoms with Gasteiger partial charge in [0.25, 0.3) is 11.8 Å². The van der Waals surface area contributed by atoms with Crippen molar-refractivity contribution >= 4 is 39.2 Å². The molecule has 0 aliphatic carbocycles. The molecule has 1 saturated heterocycles. The fraction of sp³-hybridized carbons (Fsp3) is 0.263. The van der Waals surface area contributed by atoms with E-state index in [9.17, 15) is 9.59 Å². The zero-order chi connectivity index (χ0) is 19.5. The number of hydrogen-bond acceptors (Lipinski definition) is 7. The number of thiophene rings is 1. The van der Waals surface area contributed by atoms with E-state index in [0.717, 1.165) is 16.0 Å². The molecule has 9 heteroatoms. The maximum Gasteiger partial charge on any atom is 0.255 e. The lowest BCUT2D eigenvalue weighted by Gasteiger charge is -2.35. The monoisotopic (exact) mass is 397 g/mol. The van der Waals surface area contributed by atoms with Crippen LogP contribution >= 0.6 is 11.3 Å². The summed E-state index contributed by atoms with van der Waals surface area (Å²) in [5, 5.41) is 3.07. The first kappa shape index (κ1) is 18.2. The minimum absolute atomic E-state index is 0.0236. The Morgan fingerprint density at radius 1 is 1.07 bits per heavy atom. The highest BCUT2D eigenvalue weighted by molar-refractivity contribution is 7.16. The summed E-state index contributed by atoms with van der Waals surface area (Å²) in [4.78, 5) is 37.3. The average Bonchev–Trinajstić information content (AvgIpc) is 3.21. The number of nitrogens with zero attached hydrogens (tertiary/aromatic N) is 4. The molecule has 1 fully saturated rings. The zero-order valence-electron chi connectivity index (χ0n) is 15.1. The number of anilines is 1. The molecule has 8 nitrogen and oxygen atoms in total. The van der Waals surface area contributed by atoms with Gasteiger partial charge >= 0.3 is 0 Å². The van der Waals surface area contributed by atoms with Crippen molar-refractivity contribution in [3.8, 4) is 5.75 Å². The Morgan fingerprint density at radius 3 is 2.54 bits per heavy atom. The fourth-order valence-electron chi connectivity index (χ4n) is 3.18. The number of amides is 2. The molecule has 1 aromatic carbocycles. The zero-order valence-corrected chi connectivity index (χ0v) is 15.9. The number of hydrogen-bond donors (Lipinski definition) is 1. The van der Waals surface area contributed by atoms with Gasteiger partial charge < -0.3 is 20.3 Å². The topological polar surface area (TPSA) is 102 Å². The Kier molecular flexibility index (Phi) is 5.07. The molecule has 0 saturated carbocycles. The summed E-state index contributed by atoms with van der Waals surface area (Å²) in [6, 6.07) is 8.77. The standard InChI is InChI=1S/C19H19N5O3S/c20-16(25)11-27-14-3-1-13(2-4-14)19(26)24-8-6-23(7-9-24)17-15-5-10-28-18(15)22-12-21-17/h1-5,10,12H,6-9,11H2,(H2,20,25). The predicted molar refractivity (Wildman–Crippen MR) is 107 cm³/mol. The van der Waals surface area contributed by atoms with E-state index in [2.05, 4.69) is 14.9 Å². The molecule has 4 rings (SSSR count). The molecule has 0 atom stereocenters. The largest absolute Gasteiger partial charge is 0.484 e. The second-order valence-corrected chi connectivity index (χ2v) is 7.29. The van der Waals surface area contributed by atoms with E-state index in [1.165, 1.54) is 0 Å². The molecule has 0 bridgehead atoms. The van der Waals surface area contributed by atoms with E-state index < -0.39 is 5.91 Å². The molecule has 3 heterocycles. The number of piperazine rings is 1. The molecule has 2 aromatic heterocycles. The number of primary amides is 1. The van der Waals surface area contributed by atoms with Crippen molar-refractivity contribution in [2.24, 2.45) is 5.73 Å². The molecule has 0 radical (unpaired) electrons. The Hall–Kier alpha value is -3.20. The van der Waals surface area contributed by atoms with Gasteiger partial charge in [0.05, 0.1) is 5.39 Å². The molecule has 0 unspecified atom stereocenters. The van der Waals surface area contributed by atoms with Gasteiger partial charge in [0.15, 0.2) is 6.61 Å². The number of rotatable bonds is 5. The van der Waals surface area contributed by atoms with Gasteiger partial charge in [-0.05, 0) is 35.7 Å². The minimum Gasteiger partial charge on any atom is -0.484 e. The predicted octanol–water partition coefficient (Wildman–Crippen LogP) is 1.52. The van der Waals surface area contributed by atoms with E-state index >= 15 is 0 Å². The third-order valence-corrected chi connectivity index (χ3v) is 5.41. The van der Waals surface area contributed by atoms with Gasteiger partial charge in [-0.25, -0.2) is 9.97 Å². The highest BCUT2D eigenvalue weighted by Crippen LogP contribution is 2.27. The maximum absolute atomic E-state index is 12.8. The van der Waals surface area contributed by atoms with Crippen LogP contribution in [0.25, 0.3) is 10.2 Å². The first-order valence-electron chi connectivity index (χ1n) is 8.85. The second-order valence-electron chi connectivity index (χ2n) is 6.40. The van der Waals surface area contributed by atoms with Crippen molar-refractivity contribution in [1.29, 1.82) is 0 Å². The normalized spacial score (nSPS) is 14.3. The molecule has 28 heavy (non-hydrogen) atoms. The van der Waals surface area contributed by atoms with Gasteiger partial charge in [-0.2, -0.15) is 0 Å². The molecular weight excluding hydrogens is 378 g/mol. The quantitative estimate of drug-likeness (QED) is 0.700. The number of carbonyl (C=O) groups excluding carboxylic acids is 2. The van der Waals surface area contributed by atoms with E-state index in [1.807, 2.05) is 16.3 Å². The van der Waals surface area contributed by atoms with Crippen LogP contribution in [0.3, 0.4) is 0 Å². The van der Waals surface area contributed by atoms with Crippen LogP contribution in [0, 0.1) is 0 Å². The van der Waals surface area contributed by atoms with Crippen LogP contribution in [0.15, 0.2) is 42.0 Å². The number of fused-ring (bicyclic) bond motifs is 1. The summed E-state index contributed by atoms with van der Waals surface area (Å²) < 4.78 is 5.22. The lowest BCUT2D eigenvalue weighted by Crippen LogP contribution is -2.49. The van der Waals surface area contributed by atoms with E-state index in [-0.39, 0.29) is 12.5 Å². The van der Waals surface area contributed by atoms with Gasteiger partial charge in [-0.3, -0.25) is 9.59 Å². The Bertz CT molecular complexity index is 996. The lowest BCUT2D eigenvalue weighted by molar-refractivity contribution is -0.119. The maximum atomic E-state index is 12.8. The van der Waals surface area contributed by atoms with Gasteiger partial charge in [-0.1, -0.05) is 0 Å². The smallest absolute Gasteiger partial charge is 0.255 e. The van der Waals surface area contributed by atoms with Crippen LogP contribution in [0.5, 0.6) is 5.75 Å². The van der Waals surface area contributed by atoms with Crippen molar-refractivity contribution < 1.29 is 14.3 Å². The van der Waals surface area contributed by atoms with Crippen LogP contribution in [0.1, 0.15) is 10.4 Å². The first-order valence-corrected chi connectivity index (χ1v) is 9.73. The fourth-order valence-corrected chi connectivity index (χ4v) is 3.91. The van der Waals surface area contributed by atoms with Crippen molar-refractivity contribution in [2.75, 3.05) is 37.7 Å². The van der Waals surface area contributed by atoms with Crippen molar-refractivity contribution in [2.45, 2.75) is 0 Å². The Morgan fingerprint density at radius 2 is 1.82 bits per heavy atom. The average molecular weight is 397 g/mol. The van der Waals surface area contributed by atoms with Crippen LogP contribution in [-0.4, -0.2) is 59.5 Å². The molecule has 3 aromatic rings. The third kappa shape index (κ3) is 3.74. The third-order valence-electron chi connectivity index (χ3n) is 4.59. The highest BCUT2D eigenvalue weighted by Gasteiger charge is 2.24. The summed E-state index contributed by atoms with van der Waals surface area (Å²) in [6.07, 6.45) is 1.59. The first-order chi connectivity index (χ1) is 13.6.